The molecule has 4 nitrogen and oxygen atoms in total. The lowest BCUT2D eigenvalue weighted by molar-refractivity contribution is -0.137. The molecule has 140 valence electrons. The van der Waals surface area contributed by atoms with Gasteiger partial charge in [0.1, 0.15) is 5.82 Å². The van der Waals surface area contributed by atoms with E-state index in [-0.39, 0.29) is 16.8 Å². The molecule has 2 aromatic heterocycles. The fourth-order valence-corrected chi connectivity index (χ4v) is 2.88. The van der Waals surface area contributed by atoms with Crippen molar-refractivity contribution in [2.75, 3.05) is 0 Å². The first-order valence-corrected chi connectivity index (χ1v) is 8.15. The van der Waals surface area contributed by atoms with E-state index in [1.54, 1.807) is 18.2 Å². The topological polar surface area (TPSA) is 47.3 Å². The van der Waals surface area contributed by atoms with Crippen molar-refractivity contribution in [3.8, 4) is 11.3 Å². The summed E-state index contributed by atoms with van der Waals surface area (Å²) in [5.74, 6) is -1.01. The Labute approximate surface area is 156 Å². The van der Waals surface area contributed by atoms with Crippen LogP contribution in [0.1, 0.15) is 21.5 Å². The zero-order valence-electron chi connectivity index (χ0n) is 14.1. The minimum atomic E-state index is -4.55. The predicted molar refractivity (Wildman–Crippen MR) is 93.3 cm³/mol. The molecule has 0 radical (unpaired) electrons. The maximum absolute atomic E-state index is 13.2. The molecule has 0 unspecified atom stereocenters. The van der Waals surface area contributed by atoms with Crippen LogP contribution in [0.5, 0.6) is 0 Å². The Balaban J connectivity index is 1.80. The number of benzene rings is 2. The van der Waals surface area contributed by atoms with E-state index in [2.05, 4.69) is 10.1 Å². The van der Waals surface area contributed by atoms with E-state index in [1.165, 1.54) is 41.2 Å². The zero-order valence-corrected chi connectivity index (χ0v) is 14.1. The molecule has 0 N–H and O–H groups in total. The SMILES string of the molecule is O=C(c1cccc(C(F)(F)F)c1)c1cnn2c(-c3ccc(F)cc3)ccnc12. The fourth-order valence-electron chi connectivity index (χ4n) is 2.88. The summed E-state index contributed by atoms with van der Waals surface area (Å²) in [5, 5.41) is 4.15. The number of fused-ring (bicyclic) bond motifs is 1. The first-order chi connectivity index (χ1) is 13.3. The molecule has 0 saturated heterocycles. The number of carbonyl (C=O) groups excluding carboxylic acids is 1. The van der Waals surface area contributed by atoms with Gasteiger partial charge in [-0.3, -0.25) is 4.79 Å². The lowest BCUT2D eigenvalue weighted by Crippen LogP contribution is -2.08. The van der Waals surface area contributed by atoms with Crippen molar-refractivity contribution in [3.05, 3.63) is 89.5 Å². The van der Waals surface area contributed by atoms with Gasteiger partial charge in [0.2, 0.25) is 0 Å². The van der Waals surface area contributed by atoms with E-state index in [9.17, 15) is 22.4 Å². The number of alkyl halides is 3. The van der Waals surface area contributed by atoms with Crippen LogP contribution < -0.4 is 0 Å². The van der Waals surface area contributed by atoms with Crippen molar-refractivity contribution in [1.82, 2.24) is 14.6 Å². The Morgan fingerprint density at radius 3 is 2.46 bits per heavy atom. The summed E-state index contributed by atoms with van der Waals surface area (Å²) in [4.78, 5) is 16.9. The minimum absolute atomic E-state index is 0.0725. The summed E-state index contributed by atoms with van der Waals surface area (Å²) in [6.45, 7) is 0. The lowest BCUT2D eigenvalue weighted by atomic mass is 10.0. The van der Waals surface area contributed by atoms with Gasteiger partial charge >= 0.3 is 6.18 Å². The molecule has 28 heavy (non-hydrogen) atoms. The Morgan fingerprint density at radius 1 is 1.00 bits per heavy atom. The highest BCUT2D eigenvalue weighted by molar-refractivity contribution is 6.12. The van der Waals surface area contributed by atoms with Crippen LogP contribution in [0.2, 0.25) is 0 Å². The number of hydrogen-bond acceptors (Lipinski definition) is 3. The summed E-state index contributed by atoms with van der Waals surface area (Å²) in [5.41, 5.74) is 0.462. The van der Waals surface area contributed by atoms with E-state index >= 15 is 0 Å². The first-order valence-electron chi connectivity index (χ1n) is 8.15. The molecule has 0 saturated carbocycles. The van der Waals surface area contributed by atoms with Gasteiger partial charge in [0.15, 0.2) is 11.4 Å². The lowest BCUT2D eigenvalue weighted by Gasteiger charge is -2.08. The zero-order chi connectivity index (χ0) is 19.9. The van der Waals surface area contributed by atoms with E-state index in [0.29, 0.717) is 11.3 Å². The van der Waals surface area contributed by atoms with Crippen LogP contribution in [-0.4, -0.2) is 20.4 Å². The summed E-state index contributed by atoms with van der Waals surface area (Å²) in [6.07, 6.45) is -1.83. The number of halogens is 4. The second-order valence-electron chi connectivity index (χ2n) is 6.04. The minimum Gasteiger partial charge on any atom is -0.288 e. The Bertz CT molecular complexity index is 1180. The normalized spacial score (nSPS) is 11.7. The van der Waals surface area contributed by atoms with Crippen LogP contribution in [0.25, 0.3) is 16.9 Å². The summed E-state index contributed by atoms with van der Waals surface area (Å²) >= 11 is 0. The number of rotatable bonds is 3. The molecule has 0 bridgehead atoms. The van der Waals surface area contributed by atoms with E-state index in [0.717, 1.165) is 12.1 Å². The molecule has 2 heterocycles. The molecular weight excluding hydrogens is 374 g/mol. The molecule has 0 spiro atoms. The number of hydrogen-bond donors (Lipinski definition) is 0. The number of ketones is 1. The monoisotopic (exact) mass is 385 g/mol. The smallest absolute Gasteiger partial charge is 0.288 e. The highest BCUT2D eigenvalue weighted by Gasteiger charge is 2.31. The molecule has 0 amide bonds. The molecular formula is C20H11F4N3O. The number of aromatic nitrogens is 3. The van der Waals surface area contributed by atoms with Crippen molar-refractivity contribution in [2.45, 2.75) is 6.18 Å². The summed E-state index contributed by atoms with van der Waals surface area (Å²) in [6, 6.07) is 11.5. The van der Waals surface area contributed by atoms with Gasteiger partial charge in [-0.2, -0.15) is 18.3 Å². The summed E-state index contributed by atoms with van der Waals surface area (Å²) < 4.78 is 53.4. The van der Waals surface area contributed by atoms with Gasteiger partial charge in [-0.05, 0) is 42.5 Å². The van der Waals surface area contributed by atoms with E-state index < -0.39 is 23.3 Å². The third-order valence-corrected chi connectivity index (χ3v) is 4.24. The predicted octanol–water partition coefficient (Wildman–Crippen LogP) is 4.79. The van der Waals surface area contributed by atoms with Crippen LogP contribution in [0, 0.1) is 5.82 Å². The van der Waals surface area contributed by atoms with Crippen LogP contribution in [0.3, 0.4) is 0 Å². The van der Waals surface area contributed by atoms with Gasteiger partial charge in [-0.15, -0.1) is 0 Å². The van der Waals surface area contributed by atoms with Crippen molar-refractivity contribution in [2.24, 2.45) is 0 Å². The maximum atomic E-state index is 13.2. The second-order valence-corrected chi connectivity index (χ2v) is 6.04. The number of nitrogens with zero attached hydrogens (tertiary/aromatic N) is 3. The number of carbonyl (C=O) groups is 1. The van der Waals surface area contributed by atoms with Crippen LogP contribution in [0.4, 0.5) is 17.6 Å². The Kier molecular flexibility index (Phi) is 4.18. The Morgan fingerprint density at radius 2 is 1.75 bits per heavy atom. The standard InChI is InChI=1S/C20H11F4N3O/c21-15-6-4-12(5-7-15)17-8-9-25-19-16(11-26-27(17)19)18(28)13-2-1-3-14(10-13)20(22,23)24/h1-11H. The molecule has 4 rings (SSSR count). The van der Waals surface area contributed by atoms with Crippen LogP contribution in [0.15, 0.2) is 67.0 Å². The molecule has 0 aliphatic heterocycles. The van der Waals surface area contributed by atoms with Gasteiger partial charge in [0.05, 0.1) is 23.0 Å². The molecule has 0 atom stereocenters. The van der Waals surface area contributed by atoms with Crippen LogP contribution >= 0.6 is 0 Å². The maximum Gasteiger partial charge on any atom is 0.416 e. The van der Waals surface area contributed by atoms with E-state index in [4.69, 9.17) is 0 Å². The largest absolute Gasteiger partial charge is 0.416 e. The van der Waals surface area contributed by atoms with Gasteiger partial charge in [0.25, 0.3) is 0 Å². The fraction of sp³-hybridized carbons (Fsp3) is 0.0500. The molecule has 0 fully saturated rings. The van der Waals surface area contributed by atoms with Crippen molar-refractivity contribution >= 4 is 11.4 Å². The third-order valence-electron chi connectivity index (χ3n) is 4.24. The molecule has 8 heteroatoms. The molecule has 2 aromatic carbocycles. The van der Waals surface area contributed by atoms with Gasteiger partial charge in [0, 0.05) is 17.3 Å². The van der Waals surface area contributed by atoms with Crippen molar-refractivity contribution < 1.29 is 22.4 Å². The quantitative estimate of drug-likeness (QED) is 0.377. The van der Waals surface area contributed by atoms with E-state index in [1.807, 2.05) is 0 Å². The van der Waals surface area contributed by atoms with Gasteiger partial charge in [-0.25, -0.2) is 13.9 Å². The van der Waals surface area contributed by atoms with Crippen molar-refractivity contribution in [3.63, 3.8) is 0 Å². The first kappa shape index (κ1) is 17.8. The van der Waals surface area contributed by atoms with Gasteiger partial charge in [-0.1, -0.05) is 12.1 Å². The van der Waals surface area contributed by atoms with Crippen molar-refractivity contribution in [1.29, 1.82) is 0 Å². The second kappa shape index (κ2) is 6.56. The van der Waals surface area contributed by atoms with Gasteiger partial charge < -0.3 is 0 Å². The molecule has 4 aromatic rings. The average Bonchev–Trinajstić information content (AvgIpc) is 3.12. The highest BCUT2D eigenvalue weighted by atomic mass is 19.4. The average molecular weight is 385 g/mol. The third kappa shape index (κ3) is 3.13. The Hall–Kier alpha value is -3.55. The highest BCUT2D eigenvalue weighted by Crippen LogP contribution is 2.30. The summed E-state index contributed by atoms with van der Waals surface area (Å²) in [7, 11) is 0. The molecule has 0 aliphatic rings. The molecule has 0 aliphatic carbocycles. The van der Waals surface area contributed by atoms with Crippen LogP contribution in [-0.2, 0) is 6.18 Å².